The van der Waals surface area contributed by atoms with Gasteiger partial charge in [0, 0.05) is 51.4 Å². The summed E-state index contributed by atoms with van der Waals surface area (Å²) in [6, 6.07) is 2.64. The van der Waals surface area contributed by atoms with Gasteiger partial charge in [0.15, 0.2) is 11.6 Å². The summed E-state index contributed by atoms with van der Waals surface area (Å²) in [4.78, 5) is 29.6. The molecule has 0 atom stereocenters. The van der Waals surface area contributed by atoms with Crippen molar-refractivity contribution >= 4 is 16.9 Å². The van der Waals surface area contributed by atoms with Gasteiger partial charge in [-0.15, -0.1) is 0 Å². The second-order valence-corrected chi connectivity index (χ2v) is 10.4. The Balaban J connectivity index is 1.55. The number of rotatable bonds is 5. The van der Waals surface area contributed by atoms with Crippen LogP contribution in [0.2, 0.25) is 0 Å². The lowest BCUT2D eigenvalue weighted by molar-refractivity contribution is -0.129. The highest BCUT2D eigenvalue weighted by atomic mass is 19.2. The summed E-state index contributed by atoms with van der Waals surface area (Å²) in [5, 5.41) is 0. The van der Waals surface area contributed by atoms with Crippen LogP contribution in [0.5, 0.6) is 0 Å². The molecule has 0 unspecified atom stereocenters. The summed E-state index contributed by atoms with van der Waals surface area (Å²) < 4.78 is 31.0. The summed E-state index contributed by atoms with van der Waals surface area (Å²) in [5.74, 6) is -0.703. The number of piperidine rings is 1. The van der Waals surface area contributed by atoms with Gasteiger partial charge in [-0.25, -0.2) is 13.6 Å². The van der Waals surface area contributed by atoms with Crippen molar-refractivity contribution < 1.29 is 13.6 Å². The summed E-state index contributed by atoms with van der Waals surface area (Å²) in [5.41, 5.74) is 0.256. The van der Waals surface area contributed by atoms with E-state index in [2.05, 4.69) is 18.7 Å². The van der Waals surface area contributed by atoms with Crippen LogP contribution in [0.3, 0.4) is 0 Å². The van der Waals surface area contributed by atoms with E-state index in [9.17, 15) is 18.4 Å². The zero-order chi connectivity index (χ0) is 23.9. The molecule has 4 rings (SSSR count). The molecule has 2 heterocycles. The maximum absolute atomic E-state index is 14.1. The van der Waals surface area contributed by atoms with Crippen molar-refractivity contribution in [3.8, 4) is 0 Å². The molecule has 1 aromatic carbocycles. The number of aromatic nitrogens is 2. The first-order chi connectivity index (χ1) is 15.7. The highest BCUT2D eigenvalue weighted by Crippen LogP contribution is 2.35. The third-order valence-electron chi connectivity index (χ3n) is 7.86. The second kappa shape index (κ2) is 9.57. The molecule has 8 heteroatoms. The van der Waals surface area contributed by atoms with Crippen LogP contribution in [0.25, 0.3) is 11.0 Å². The SMILES string of the molecule is CC(C)C1CCC(N2CCC(n3c(=O)n(CC(=O)N(C)C)c4cc(F)c(F)cc43)CC2)CC1. The molecule has 1 saturated heterocycles. The number of carbonyl (C=O) groups is 1. The molecule has 2 aliphatic rings. The number of benzene rings is 1. The normalized spacial score (nSPS) is 22.9. The zero-order valence-corrected chi connectivity index (χ0v) is 20.2. The largest absolute Gasteiger partial charge is 0.347 e. The fourth-order valence-electron chi connectivity index (χ4n) is 5.70. The van der Waals surface area contributed by atoms with Crippen LogP contribution in [-0.2, 0) is 11.3 Å². The highest BCUT2D eigenvalue weighted by molar-refractivity contribution is 5.81. The molecular weight excluding hydrogens is 426 g/mol. The van der Waals surface area contributed by atoms with Crippen molar-refractivity contribution in [3.63, 3.8) is 0 Å². The van der Waals surface area contributed by atoms with Gasteiger partial charge in [0.1, 0.15) is 6.54 Å². The number of amides is 1. The van der Waals surface area contributed by atoms with Crippen LogP contribution in [0.15, 0.2) is 16.9 Å². The average molecular weight is 463 g/mol. The number of hydrogen-bond acceptors (Lipinski definition) is 3. The maximum atomic E-state index is 14.1. The Bertz CT molecular complexity index is 1060. The van der Waals surface area contributed by atoms with Gasteiger partial charge in [0.2, 0.25) is 5.91 Å². The smallest absolute Gasteiger partial charge is 0.329 e. The molecule has 1 amide bonds. The minimum atomic E-state index is -1.02. The number of nitrogens with zero attached hydrogens (tertiary/aromatic N) is 4. The number of hydrogen-bond donors (Lipinski definition) is 0. The molecule has 0 spiro atoms. The molecule has 0 bridgehead atoms. The Morgan fingerprint density at radius 1 is 0.970 bits per heavy atom. The first-order valence-electron chi connectivity index (χ1n) is 12.2. The van der Waals surface area contributed by atoms with E-state index >= 15 is 0 Å². The van der Waals surface area contributed by atoms with Crippen LogP contribution in [0.1, 0.15) is 58.4 Å². The van der Waals surface area contributed by atoms with Crippen molar-refractivity contribution in [1.82, 2.24) is 18.9 Å². The molecule has 1 aromatic heterocycles. The summed E-state index contributed by atoms with van der Waals surface area (Å²) in [7, 11) is 3.22. The molecule has 1 saturated carbocycles. The van der Waals surface area contributed by atoms with Crippen molar-refractivity contribution in [3.05, 3.63) is 34.3 Å². The summed E-state index contributed by atoms with van der Waals surface area (Å²) in [6.07, 6.45) is 6.57. The van der Waals surface area contributed by atoms with Crippen molar-refractivity contribution in [2.45, 2.75) is 71.0 Å². The molecule has 0 radical (unpaired) electrons. The molecule has 33 heavy (non-hydrogen) atoms. The fourth-order valence-corrected chi connectivity index (χ4v) is 5.70. The van der Waals surface area contributed by atoms with Crippen LogP contribution in [0.4, 0.5) is 8.78 Å². The van der Waals surface area contributed by atoms with Gasteiger partial charge in [-0.2, -0.15) is 0 Å². The molecular formula is C25H36F2N4O2. The van der Waals surface area contributed by atoms with Gasteiger partial charge in [0.05, 0.1) is 11.0 Å². The van der Waals surface area contributed by atoms with E-state index in [1.165, 1.54) is 35.2 Å². The fraction of sp³-hybridized carbons (Fsp3) is 0.680. The minimum Gasteiger partial charge on any atom is -0.347 e. The van der Waals surface area contributed by atoms with E-state index in [-0.39, 0.29) is 29.7 Å². The number of likely N-dealkylation sites (tertiary alicyclic amines) is 1. The number of carbonyl (C=O) groups excluding carboxylic acids is 1. The predicted octanol–water partition coefficient (Wildman–Crippen LogP) is 4.02. The second-order valence-electron chi connectivity index (χ2n) is 10.4. The Labute approximate surface area is 194 Å². The number of fused-ring (bicyclic) bond motifs is 1. The first kappa shape index (κ1) is 23.9. The standard InChI is InChI=1S/C25H36F2N4O2/c1-16(2)17-5-7-18(8-6-17)29-11-9-19(10-12-29)31-23-14-21(27)20(26)13-22(23)30(25(31)33)15-24(32)28(3)4/h13-14,16-19H,5-12,15H2,1-4H3. The van der Waals surface area contributed by atoms with Crippen molar-refractivity contribution in [2.75, 3.05) is 27.2 Å². The molecule has 2 fully saturated rings. The Morgan fingerprint density at radius 3 is 2.09 bits per heavy atom. The van der Waals surface area contributed by atoms with E-state index in [0.717, 1.165) is 49.9 Å². The third-order valence-corrected chi connectivity index (χ3v) is 7.86. The number of imidazole rings is 1. The average Bonchev–Trinajstić information content (AvgIpc) is 3.04. The molecule has 182 valence electrons. The Hall–Kier alpha value is -2.22. The van der Waals surface area contributed by atoms with Crippen molar-refractivity contribution in [1.29, 1.82) is 0 Å². The number of halogens is 2. The van der Waals surface area contributed by atoms with Gasteiger partial charge in [0.25, 0.3) is 0 Å². The molecule has 0 N–H and O–H groups in total. The van der Waals surface area contributed by atoms with Gasteiger partial charge in [-0.3, -0.25) is 13.9 Å². The van der Waals surface area contributed by atoms with E-state index in [1.54, 1.807) is 18.7 Å². The lowest BCUT2D eigenvalue weighted by atomic mass is 9.79. The molecule has 1 aliphatic carbocycles. The Morgan fingerprint density at radius 2 is 1.55 bits per heavy atom. The van der Waals surface area contributed by atoms with Crippen LogP contribution < -0.4 is 5.69 Å². The Kier molecular flexibility index (Phi) is 6.93. The van der Waals surface area contributed by atoms with Gasteiger partial charge < -0.3 is 9.80 Å². The van der Waals surface area contributed by atoms with E-state index in [4.69, 9.17) is 0 Å². The zero-order valence-electron chi connectivity index (χ0n) is 20.2. The molecule has 1 aliphatic heterocycles. The third kappa shape index (κ3) is 4.72. The van der Waals surface area contributed by atoms with Crippen LogP contribution >= 0.6 is 0 Å². The lowest BCUT2D eigenvalue weighted by Gasteiger charge is -2.41. The summed E-state index contributed by atoms with van der Waals surface area (Å²) >= 11 is 0. The summed E-state index contributed by atoms with van der Waals surface area (Å²) in [6.45, 7) is 6.21. The first-order valence-corrected chi connectivity index (χ1v) is 12.2. The lowest BCUT2D eigenvalue weighted by Crippen LogP contribution is -2.45. The van der Waals surface area contributed by atoms with Crippen molar-refractivity contribution in [2.24, 2.45) is 11.8 Å². The van der Waals surface area contributed by atoms with Crippen LogP contribution in [0, 0.1) is 23.5 Å². The van der Waals surface area contributed by atoms with Gasteiger partial charge in [-0.1, -0.05) is 13.8 Å². The topological polar surface area (TPSA) is 50.5 Å². The molecule has 6 nitrogen and oxygen atoms in total. The van der Waals surface area contributed by atoms with E-state index in [0.29, 0.717) is 11.6 Å². The van der Waals surface area contributed by atoms with Gasteiger partial charge in [-0.05, 0) is 50.4 Å². The maximum Gasteiger partial charge on any atom is 0.329 e. The van der Waals surface area contributed by atoms with Gasteiger partial charge >= 0.3 is 5.69 Å². The number of likely N-dealkylation sites (N-methyl/N-ethyl adjacent to an activating group) is 1. The van der Waals surface area contributed by atoms with E-state index in [1.807, 2.05) is 0 Å². The molecule has 2 aromatic rings. The predicted molar refractivity (Wildman–Crippen MR) is 125 cm³/mol. The monoisotopic (exact) mass is 462 g/mol. The highest BCUT2D eigenvalue weighted by Gasteiger charge is 2.32. The van der Waals surface area contributed by atoms with Crippen LogP contribution in [-0.4, -0.2) is 58.1 Å². The minimum absolute atomic E-state index is 0.0937. The van der Waals surface area contributed by atoms with E-state index < -0.39 is 11.6 Å². The quantitative estimate of drug-likeness (QED) is 0.674.